The van der Waals surface area contributed by atoms with E-state index in [-0.39, 0.29) is 0 Å². The van der Waals surface area contributed by atoms with E-state index in [9.17, 15) is 0 Å². The van der Waals surface area contributed by atoms with Crippen LogP contribution in [0.4, 0.5) is 0 Å². The Balaban J connectivity index is 2.24. The standard InChI is InChI=1S/C12H13N3O/c1-15-8-7-13-12(15)9-11(14-16)10-5-3-2-4-6-10/h2-8,16H,9H2,1H3/b14-11-. The number of hydrogen-bond donors (Lipinski definition) is 1. The largest absolute Gasteiger partial charge is 0.411 e. The van der Waals surface area contributed by atoms with Gasteiger partial charge >= 0.3 is 0 Å². The minimum Gasteiger partial charge on any atom is -0.411 e. The Morgan fingerprint density at radius 2 is 2.12 bits per heavy atom. The van der Waals surface area contributed by atoms with Crippen molar-refractivity contribution < 1.29 is 5.21 Å². The molecule has 2 aromatic rings. The third kappa shape index (κ3) is 2.11. The van der Waals surface area contributed by atoms with Crippen molar-refractivity contribution in [3.8, 4) is 0 Å². The first-order valence-corrected chi connectivity index (χ1v) is 5.04. The molecule has 4 nitrogen and oxygen atoms in total. The van der Waals surface area contributed by atoms with Crippen molar-refractivity contribution in [1.29, 1.82) is 0 Å². The van der Waals surface area contributed by atoms with Crippen molar-refractivity contribution in [2.45, 2.75) is 6.42 Å². The summed E-state index contributed by atoms with van der Waals surface area (Å²) >= 11 is 0. The van der Waals surface area contributed by atoms with Crippen LogP contribution in [0.25, 0.3) is 0 Å². The summed E-state index contributed by atoms with van der Waals surface area (Å²) in [4.78, 5) is 4.20. The van der Waals surface area contributed by atoms with E-state index < -0.39 is 0 Å². The van der Waals surface area contributed by atoms with Crippen molar-refractivity contribution in [2.75, 3.05) is 0 Å². The molecule has 4 heteroatoms. The summed E-state index contributed by atoms with van der Waals surface area (Å²) in [5.74, 6) is 0.872. The van der Waals surface area contributed by atoms with E-state index in [1.165, 1.54) is 0 Å². The van der Waals surface area contributed by atoms with Gasteiger partial charge in [-0.15, -0.1) is 0 Å². The van der Waals surface area contributed by atoms with Crippen molar-refractivity contribution in [2.24, 2.45) is 12.2 Å². The highest BCUT2D eigenvalue weighted by molar-refractivity contribution is 6.01. The molecule has 0 saturated heterocycles. The number of nitrogens with zero attached hydrogens (tertiary/aromatic N) is 3. The normalized spacial score (nSPS) is 11.7. The lowest BCUT2D eigenvalue weighted by atomic mass is 10.1. The summed E-state index contributed by atoms with van der Waals surface area (Å²) in [5.41, 5.74) is 1.53. The van der Waals surface area contributed by atoms with Crippen molar-refractivity contribution in [3.63, 3.8) is 0 Å². The smallest absolute Gasteiger partial charge is 0.114 e. The van der Waals surface area contributed by atoms with E-state index in [1.807, 2.05) is 48.1 Å². The maximum Gasteiger partial charge on any atom is 0.114 e. The van der Waals surface area contributed by atoms with Gasteiger partial charge in [-0.1, -0.05) is 35.5 Å². The number of benzene rings is 1. The fraction of sp³-hybridized carbons (Fsp3) is 0.167. The average molecular weight is 215 g/mol. The molecule has 16 heavy (non-hydrogen) atoms. The minimum absolute atomic E-state index is 0.518. The van der Waals surface area contributed by atoms with Gasteiger partial charge in [0.1, 0.15) is 5.82 Å². The zero-order valence-corrected chi connectivity index (χ0v) is 9.04. The Hall–Kier alpha value is -2.10. The van der Waals surface area contributed by atoms with Gasteiger partial charge < -0.3 is 9.77 Å². The van der Waals surface area contributed by atoms with Crippen LogP contribution < -0.4 is 0 Å². The first-order valence-electron chi connectivity index (χ1n) is 5.04. The molecule has 0 spiro atoms. The van der Waals surface area contributed by atoms with Gasteiger partial charge in [0.05, 0.1) is 12.1 Å². The summed E-state index contributed by atoms with van der Waals surface area (Å²) in [5, 5.41) is 12.4. The predicted octanol–water partition coefficient (Wildman–Crippen LogP) is 1.84. The van der Waals surface area contributed by atoms with Gasteiger partial charge in [0.15, 0.2) is 0 Å². The zero-order valence-electron chi connectivity index (χ0n) is 9.04. The molecule has 2 rings (SSSR count). The minimum atomic E-state index is 0.518. The molecule has 1 N–H and O–H groups in total. The number of oxime groups is 1. The molecule has 0 unspecified atom stereocenters. The Morgan fingerprint density at radius 1 is 1.38 bits per heavy atom. The van der Waals surface area contributed by atoms with Crippen LogP contribution in [0.3, 0.4) is 0 Å². The Labute approximate surface area is 93.9 Å². The van der Waals surface area contributed by atoms with Crippen molar-refractivity contribution in [3.05, 3.63) is 54.1 Å². The lowest BCUT2D eigenvalue weighted by Gasteiger charge is -2.04. The monoisotopic (exact) mass is 215 g/mol. The molecule has 0 fully saturated rings. The highest BCUT2D eigenvalue weighted by atomic mass is 16.4. The van der Waals surface area contributed by atoms with E-state index in [2.05, 4.69) is 10.1 Å². The van der Waals surface area contributed by atoms with Gasteiger partial charge in [-0.2, -0.15) is 0 Å². The molecule has 0 radical (unpaired) electrons. The Kier molecular flexibility index (Phi) is 3.00. The maximum absolute atomic E-state index is 9.02. The van der Waals surface area contributed by atoms with Gasteiger partial charge in [-0.3, -0.25) is 0 Å². The fourth-order valence-electron chi connectivity index (χ4n) is 1.54. The van der Waals surface area contributed by atoms with Gasteiger partial charge in [0, 0.05) is 19.4 Å². The van der Waals surface area contributed by atoms with Crippen LogP contribution in [0.15, 0.2) is 47.9 Å². The molecule has 1 aromatic heterocycles. The van der Waals surface area contributed by atoms with Crippen molar-refractivity contribution >= 4 is 5.71 Å². The number of aromatic nitrogens is 2. The molecule has 0 bridgehead atoms. The topological polar surface area (TPSA) is 50.4 Å². The Bertz CT molecular complexity index is 488. The third-order valence-electron chi connectivity index (χ3n) is 2.47. The molecule has 0 aliphatic carbocycles. The molecular formula is C12H13N3O. The quantitative estimate of drug-likeness (QED) is 0.482. The van der Waals surface area contributed by atoms with Crippen LogP contribution in [-0.4, -0.2) is 20.5 Å². The van der Waals surface area contributed by atoms with Gasteiger partial charge in [0.25, 0.3) is 0 Å². The second kappa shape index (κ2) is 4.61. The van der Waals surface area contributed by atoms with E-state index in [0.717, 1.165) is 11.4 Å². The second-order valence-corrected chi connectivity index (χ2v) is 3.54. The SMILES string of the molecule is Cn1ccnc1C/C(=N/O)c1ccccc1. The van der Waals surface area contributed by atoms with Gasteiger partial charge in [0.2, 0.25) is 0 Å². The van der Waals surface area contributed by atoms with Crippen LogP contribution in [0.5, 0.6) is 0 Å². The van der Waals surface area contributed by atoms with Crippen molar-refractivity contribution in [1.82, 2.24) is 9.55 Å². The third-order valence-corrected chi connectivity index (χ3v) is 2.47. The van der Waals surface area contributed by atoms with E-state index in [4.69, 9.17) is 5.21 Å². The summed E-state index contributed by atoms with van der Waals surface area (Å²) in [6, 6.07) is 9.59. The maximum atomic E-state index is 9.02. The molecule has 1 heterocycles. The van der Waals surface area contributed by atoms with E-state index >= 15 is 0 Å². The molecule has 0 aliphatic heterocycles. The predicted molar refractivity (Wildman–Crippen MR) is 61.7 cm³/mol. The zero-order chi connectivity index (χ0) is 11.4. The average Bonchev–Trinajstić information content (AvgIpc) is 2.73. The molecule has 0 amide bonds. The molecule has 0 aliphatic rings. The first kappa shape index (κ1) is 10.4. The van der Waals surface area contributed by atoms with Crippen LogP contribution in [0.1, 0.15) is 11.4 Å². The highest BCUT2D eigenvalue weighted by Gasteiger charge is 2.08. The molecule has 82 valence electrons. The molecule has 1 aromatic carbocycles. The van der Waals surface area contributed by atoms with Crippen LogP contribution in [-0.2, 0) is 13.5 Å². The first-order chi connectivity index (χ1) is 7.81. The number of imidazole rings is 1. The summed E-state index contributed by atoms with van der Waals surface area (Å²) < 4.78 is 1.91. The lowest BCUT2D eigenvalue weighted by Crippen LogP contribution is -2.09. The fourth-order valence-corrected chi connectivity index (χ4v) is 1.54. The Morgan fingerprint density at radius 3 is 2.69 bits per heavy atom. The highest BCUT2D eigenvalue weighted by Crippen LogP contribution is 2.06. The van der Waals surface area contributed by atoms with E-state index in [0.29, 0.717) is 12.1 Å². The molecule has 0 atom stereocenters. The van der Waals surface area contributed by atoms with Crippen LogP contribution in [0, 0.1) is 0 Å². The number of hydrogen-bond acceptors (Lipinski definition) is 3. The second-order valence-electron chi connectivity index (χ2n) is 3.54. The van der Waals surface area contributed by atoms with Crippen LogP contribution in [0.2, 0.25) is 0 Å². The van der Waals surface area contributed by atoms with Crippen LogP contribution >= 0.6 is 0 Å². The molecular weight excluding hydrogens is 202 g/mol. The lowest BCUT2D eigenvalue weighted by molar-refractivity contribution is 0.318. The number of rotatable bonds is 3. The van der Waals surface area contributed by atoms with Gasteiger partial charge in [-0.05, 0) is 5.56 Å². The number of aryl methyl sites for hydroxylation is 1. The molecule has 0 saturated carbocycles. The van der Waals surface area contributed by atoms with Gasteiger partial charge in [-0.25, -0.2) is 4.98 Å². The summed E-state index contributed by atoms with van der Waals surface area (Å²) in [7, 11) is 1.92. The summed E-state index contributed by atoms with van der Waals surface area (Å²) in [6.07, 6.45) is 4.12. The summed E-state index contributed by atoms with van der Waals surface area (Å²) in [6.45, 7) is 0. The van der Waals surface area contributed by atoms with E-state index in [1.54, 1.807) is 6.20 Å².